The Kier molecular flexibility index (Phi) is 7.88. The van der Waals surface area contributed by atoms with E-state index in [0.29, 0.717) is 17.5 Å². The standard InChI is InChI=1S/C58H39N3/c1-58(2)51-25-13-12-23-48(51)54-41(24-14-26-52(54)58)36-27-31-39(32-28-36)56-59-55(38-15-4-3-5-16-38)60-57(61-56)40-33-29-37(30-34-40)49-35-50-44-19-7-6-17-42(44)43-18-8-10-21-46(43)53(50)47-22-11-9-20-45(47)49/h3-35H,1-2H3. The van der Waals surface area contributed by atoms with Gasteiger partial charge in [0.25, 0.3) is 0 Å². The highest BCUT2D eigenvalue weighted by Gasteiger charge is 2.36. The molecule has 0 aliphatic heterocycles. The molecule has 0 bridgehead atoms. The highest BCUT2D eigenvalue weighted by atomic mass is 15.0. The summed E-state index contributed by atoms with van der Waals surface area (Å²) in [5.74, 6) is 1.93. The predicted octanol–water partition coefficient (Wildman–Crippen LogP) is 15.1. The highest BCUT2D eigenvalue weighted by Crippen LogP contribution is 2.52. The Balaban J connectivity index is 0.962. The smallest absolute Gasteiger partial charge is 0.164 e. The molecule has 1 heterocycles. The van der Waals surface area contributed by atoms with E-state index < -0.39 is 0 Å². The van der Waals surface area contributed by atoms with Gasteiger partial charge in [-0.2, -0.15) is 0 Å². The van der Waals surface area contributed by atoms with Gasteiger partial charge in [0.2, 0.25) is 0 Å². The molecule has 0 atom stereocenters. The van der Waals surface area contributed by atoms with Gasteiger partial charge in [-0.25, -0.2) is 15.0 Å². The van der Waals surface area contributed by atoms with Gasteiger partial charge < -0.3 is 0 Å². The number of hydrogen-bond acceptors (Lipinski definition) is 3. The van der Waals surface area contributed by atoms with Crippen molar-refractivity contribution >= 4 is 43.1 Å². The van der Waals surface area contributed by atoms with E-state index in [-0.39, 0.29) is 5.41 Å². The third-order valence-corrected chi connectivity index (χ3v) is 12.9. The molecule has 0 fully saturated rings. The third kappa shape index (κ3) is 5.55. The first-order valence-corrected chi connectivity index (χ1v) is 21.0. The van der Waals surface area contributed by atoms with E-state index in [0.717, 1.165) is 22.3 Å². The van der Waals surface area contributed by atoms with Crippen LogP contribution >= 0.6 is 0 Å². The molecule has 61 heavy (non-hydrogen) atoms. The predicted molar refractivity (Wildman–Crippen MR) is 255 cm³/mol. The molecule has 0 spiro atoms. The second-order valence-corrected chi connectivity index (χ2v) is 16.7. The van der Waals surface area contributed by atoms with Gasteiger partial charge in [0, 0.05) is 22.1 Å². The maximum Gasteiger partial charge on any atom is 0.164 e. The Bertz CT molecular complexity index is 3530. The van der Waals surface area contributed by atoms with Crippen molar-refractivity contribution in [3.05, 3.63) is 211 Å². The zero-order chi connectivity index (χ0) is 40.7. The molecule has 0 radical (unpaired) electrons. The minimum atomic E-state index is -0.0529. The van der Waals surface area contributed by atoms with Crippen LogP contribution in [0.25, 0.3) is 111 Å². The van der Waals surface area contributed by atoms with Gasteiger partial charge in [-0.1, -0.05) is 208 Å². The van der Waals surface area contributed by atoms with Crippen LogP contribution in [0.5, 0.6) is 0 Å². The maximum atomic E-state index is 5.14. The van der Waals surface area contributed by atoms with Crippen molar-refractivity contribution in [2.24, 2.45) is 0 Å². The van der Waals surface area contributed by atoms with Crippen molar-refractivity contribution in [2.45, 2.75) is 19.3 Å². The van der Waals surface area contributed by atoms with Crippen LogP contribution in [0.4, 0.5) is 0 Å². The highest BCUT2D eigenvalue weighted by molar-refractivity contribution is 6.33. The quantitative estimate of drug-likeness (QED) is 0.163. The number of fused-ring (bicyclic) bond motifs is 11. The number of rotatable bonds is 5. The van der Waals surface area contributed by atoms with Gasteiger partial charge >= 0.3 is 0 Å². The van der Waals surface area contributed by atoms with Crippen LogP contribution < -0.4 is 0 Å². The molecule has 0 saturated carbocycles. The van der Waals surface area contributed by atoms with Crippen LogP contribution in [0.15, 0.2) is 200 Å². The fourth-order valence-corrected chi connectivity index (χ4v) is 9.95. The average molecular weight is 778 g/mol. The molecule has 11 aromatic rings. The number of benzene rings is 10. The monoisotopic (exact) mass is 777 g/mol. The fraction of sp³-hybridized carbons (Fsp3) is 0.0517. The number of hydrogen-bond donors (Lipinski definition) is 0. The van der Waals surface area contributed by atoms with E-state index in [2.05, 4.69) is 196 Å². The molecule has 1 aliphatic rings. The van der Waals surface area contributed by atoms with Gasteiger partial charge in [-0.15, -0.1) is 0 Å². The fourth-order valence-electron chi connectivity index (χ4n) is 9.95. The Labute approximate surface area is 354 Å². The first-order chi connectivity index (χ1) is 30.0. The summed E-state index contributed by atoms with van der Waals surface area (Å²) in [6.07, 6.45) is 0. The van der Waals surface area contributed by atoms with Gasteiger partial charge in [0.05, 0.1) is 0 Å². The second kappa shape index (κ2) is 13.7. The van der Waals surface area contributed by atoms with Gasteiger partial charge in [0.15, 0.2) is 17.5 Å². The van der Waals surface area contributed by atoms with Crippen LogP contribution in [0.1, 0.15) is 25.0 Å². The molecule has 3 heteroatoms. The Morgan fingerprint density at radius 2 is 0.705 bits per heavy atom. The largest absolute Gasteiger partial charge is 0.208 e. The van der Waals surface area contributed by atoms with E-state index in [1.807, 2.05) is 18.2 Å². The van der Waals surface area contributed by atoms with E-state index in [9.17, 15) is 0 Å². The van der Waals surface area contributed by atoms with Crippen molar-refractivity contribution in [3.63, 3.8) is 0 Å². The van der Waals surface area contributed by atoms with E-state index in [1.54, 1.807) is 0 Å². The minimum absolute atomic E-state index is 0.0529. The van der Waals surface area contributed by atoms with Gasteiger partial charge in [-0.05, 0) is 93.7 Å². The van der Waals surface area contributed by atoms with E-state index in [4.69, 9.17) is 15.0 Å². The molecule has 1 aromatic heterocycles. The molecule has 1 aliphatic carbocycles. The first kappa shape index (κ1) is 35.2. The molecule has 286 valence electrons. The summed E-state index contributed by atoms with van der Waals surface area (Å²) in [6, 6.07) is 72.0. The molecular formula is C58H39N3. The summed E-state index contributed by atoms with van der Waals surface area (Å²) in [4.78, 5) is 15.3. The SMILES string of the molecule is CC1(C)c2ccccc2-c2c(-c3ccc(-c4nc(-c5ccccc5)nc(-c5ccc(-c6cc7c8ccccc8c8ccccc8c7c7ccccc67)cc5)n4)cc3)cccc21. The van der Waals surface area contributed by atoms with Crippen LogP contribution in [-0.2, 0) is 5.41 Å². The summed E-state index contributed by atoms with van der Waals surface area (Å²) in [5.41, 5.74) is 12.9. The van der Waals surface area contributed by atoms with Gasteiger partial charge in [-0.3, -0.25) is 0 Å². The summed E-state index contributed by atoms with van der Waals surface area (Å²) >= 11 is 0. The number of nitrogens with zero attached hydrogens (tertiary/aromatic N) is 3. The first-order valence-electron chi connectivity index (χ1n) is 21.0. The lowest BCUT2D eigenvalue weighted by molar-refractivity contribution is 0.660. The minimum Gasteiger partial charge on any atom is -0.208 e. The summed E-state index contributed by atoms with van der Waals surface area (Å²) in [6.45, 7) is 4.66. The van der Waals surface area contributed by atoms with Gasteiger partial charge in [0.1, 0.15) is 0 Å². The summed E-state index contributed by atoms with van der Waals surface area (Å²) in [5, 5.41) is 10.1. The zero-order valence-corrected chi connectivity index (χ0v) is 33.9. The normalized spacial score (nSPS) is 12.9. The Morgan fingerprint density at radius 3 is 1.33 bits per heavy atom. The van der Waals surface area contributed by atoms with E-state index >= 15 is 0 Å². The lowest BCUT2D eigenvalue weighted by Gasteiger charge is -2.21. The van der Waals surface area contributed by atoms with Crippen molar-refractivity contribution < 1.29 is 0 Å². The molecule has 0 unspecified atom stereocenters. The zero-order valence-electron chi connectivity index (χ0n) is 33.9. The molecule has 0 amide bonds. The second-order valence-electron chi connectivity index (χ2n) is 16.7. The lowest BCUT2D eigenvalue weighted by Crippen LogP contribution is -2.14. The molecule has 12 rings (SSSR count). The molecule has 0 N–H and O–H groups in total. The summed E-state index contributed by atoms with van der Waals surface area (Å²) in [7, 11) is 0. The van der Waals surface area contributed by atoms with Crippen molar-refractivity contribution in [1.82, 2.24) is 15.0 Å². The topological polar surface area (TPSA) is 38.7 Å². The van der Waals surface area contributed by atoms with Crippen LogP contribution in [0, 0.1) is 0 Å². The molecule has 3 nitrogen and oxygen atoms in total. The number of aromatic nitrogens is 3. The van der Waals surface area contributed by atoms with Crippen molar-refractivity contribution in [2.75, 3.05) is 0 Å². The Hall–Kier alpha value is -7.75. The average Bonchev–Trinajstić information content (AvgIpc) is 3.57. The molecule has 10 aromatic carbocycles. The Morgan fingerprint density at radius 1 is 0.295 bits per heavy atom. The van der Waals surface area contributed by atoms with Crippen molar-refractivity contribution in [3.8, 4) is 67.5 Å². The lowest BCUT2D eigenvalue weighted by atomic mass is 9.82. The van der Waals surface area contributed by atoms with E-state index in [1.165, 1.54) is 82.0 Å². The maximum absolute atomic E-state index is 5.14. The molecular weight excluding hydrogens is 739 g/mol. The van der Waals surface area contributed by atoms with Crippen LogP contribution in [0.3, 0.4) is 0 Å². The summed E-state index contributed by atoms with van der Waals surface area (Å²) < 4.78 is 0. The van der Waals surface area contributed by atoms with Crippen LogP contribution in [-0.4, -0.2) is 15.0 Å². The third-order valence-electron chi connectivity index (χ3n) is 12.9. The van der Waals surface area contributed by atoms with Crippen molar-refractivity contribution in [1.29, 1.82) is 0 Å². The van der Waals surface area contributed by atoms with Crippen LogP contribution in [0.2, 0.25) is 0 Å². The molecule has 0 saturated heterocycles.